The quantitative estimate of drug-likeness (QED) is 0.863. The molecule has 2 aromatic rings. The Hall–Kier alpha value is -2.21. The summed E-state index contributed by atoms with van der Waals surface area (Å²) in [6, 6.07) is 10.2. The van der Waals surface area contributed by atoms with Gasteiger partial charge in [0.25, 0.3) is 0 Å². The monoisotopic (exact) mass is 354 g/mol. The second-order valence-electron chi connectivity index (χ2n) is 7.54. The number of aromatic nitrogens is 2. The van der Waals surface area contributed by atoms with Gasteiger partial charge >= 0.3 is 0 Å². The molecule has 26 heavy (non-hydrogen) atoms. The molecule has 1 amide bonds. The van der Waals surface area contributed by atoms with Crippen molar-refractivity contribution in [2.24, 2.45) is 5.92 Å². The highest BCUT2D eigenvalue weighted by molar-refractivity contribution is 5.82. The topological polar surface area (TPSA) is 80.0 Å². The van der Waals surface area contributed by atoms with Gasteiger partial charge in [-0.05, 0) is 37.7 Å². The van der Waals surface area contributed by atoms with Crippen LogP contribution in [0.3, 0.4) is 0 Å². The first-order valence-electron chi connectivity index (χ1n) is 9.62. The summed E-state index contributed by atoms with van der Waals surface area (Å²) in [5, 5.41) is 10.6. The minimum absolute atomic E-state index is 0.0429. The Kier molecular flexibility index (Phi) is 5.02. The Bertz CT molecular complexity index is 731. The van der Waals surface area contributed by atoms with Crippen LogP contribution in [0.5, 0.6) is 0 Å². The lowest BCUT2D eigenvalue weighted by atomic mass is 9.85. The lowest BCUT2D eigenvalue weighted by Gasteiger charge is -2.24. The van der Waals surface area contributed by atoms with Crippen LogP contribution in [0.15, 0.2) is 34.9 Å². The summed E-state index contributed by atoms with van der Waals surface area (Å²) in [6.07, 6.45) is 6.53. The third kappa shape index (κ3) is 3.80. The summed E-state index contributed by atoms with van der Waals surface area (Å²) >= 11 is 0. The van der Waals surface area contributed by atoms with E-state index in [1.165, 1.54) is 25.7 Å². The summed E-state index contributed by atoms with van der Waals surface area (Å²) in [5.74, 6) is 1.79. The number of fused-ring (bicyclic) bond motifs is 1. The highest BCUT2D eigenvalue weighted by Gasteiger charge is 2.38. The van der Waals surface area contributed by atoms with Crippen LogP contribution in [0.1, 0.15) is 62.3 Å². The number of nitrogens with one attached hydrogen (secondary N) is 2. The van der Waals surface area contributed by atoms with E-state index in [-0.39, 0.29) is 18.0 Å². The predicted octanol–water partition coefficient (Wildman–Crippen LogP) is 2.76. The summed E-state index contributed by atoms with van der Waals surface area (Å²) < 4.78 is 5.35. The van der Waals surface area contributed by atoms with E-state index in [1.807, 2.05) is 37.3 Å². The summed E-state index contributed by atoms with van der Waals surface area (Å²) in [7, 11) is 0. The van der Waals surface area contributed by atoms with Crippen LogP contribution in [0.25, 0.3) is 0 Å². The zero-order chi connectivity index (χ0) is 17.9. The molecule has 6 nitrogen and oxygen atoms in total. The maximum atomic E-state index is 12.6. The first-order chi connectivity index (χ1) is 12.7. The molecule has 4 rings (SSSR count). The molecule has 138 valence electrons. The van der Waals surface area contributed by atoms with Crippen LogP contribution in [0.4, 0.5) is 0 Å². The normalized spacial score (nSPS) is 26.3. The van der Waals surface area contributed by atoms with Crippen LogP contribution < -0.4 is 10.6 Å². The molecule has 1 saturated carbocycles. The predicted molar refractivity (Wildman–Crippen MR) is 97.4 cm³/mol. The van der Waals surface area contributed by atoms with Crippen LogP contribution in [0, 0.1) is 5.92 Å². The van der Waals surface area contributed by atoms with Gasteiger partial charge in [0.05, 0.1) is 18.5 Å². The number of amides is 1. The second-order valence-corrected chi connectivity index (χ2v) is 7.54. The van der Waals surface area contributed by atoms with Gasteiger partial charge in [0, 0.05) is 6.04 Å². The molecule has 6 heteroatoms. The Balaban J connectivity index is 1.33. The molecule has 0 bridgehead atoms. The lowest BCUT2D eigenvalue weighted by Crippen LogP contribution is -2.44. The number of rotatable bonds is 5. The van der Waals surface area contributed by atoms with Crippen LogP contribution in [-0.2, 0) is 11.2 Å². The Morgan fingerprint density at radius 2 is 2.12 bits per heavy atom. The molecule has 2 fully saturated rings. The van der Waals surface area contributed by atoms with Crippen molar-refractivity contribution in [2.45, 2.75) is 63.6 Å². The molecule has 4 unspecified atom stereocenters. The molecule has 0 spiro atoms. The van der Waals surface area contributed by atoms with Gasteiger partial charge in [0.15, 0.2) is 5.82 Å². The van der Waals surface area contributed by atoms with E-state index >= 15 is 0 Å². The lowest BCUT2D eigenvalue weighted by molar-refractivity contribution is -0.123. The zero-order valence-electron chi connectivity index (χ0n) is 15.1. The third-order valence-electron chi connectivity index (χ3n) is 5.61. The average Bonchev–Trinajstić information content (AvgIpc) is 3.29. The van der Waals surface area contributed by atoms with E-state index in [1.54, 1.807) is 0 Å². The highest BCUT2D eigenvalue weighted by Crippen LogP contribution is 2.33. The summed E-state index contributed by atoms with van der Waals surface area (Å²) in [5.41, 5.74) is 1.12. The minimum Gasteiger partial charge on any atom is -0.345 e. The van der Waals surface area contributed by atoms with Crippen molar-refractivity contribution >= 4 is 5.91 Å². The van der Waals surface area contributed by atoms with Crippen LogP contribution >= 0.6 is 0 Å². The van der Waals surface area contributed by atoms with E-state index in [2.05, 4.69) is 20.8 Å². The number of hydrogen-bond donors (Lipinski definition) is 2. The van der Waals surface area contributed by atoms with Crippen molar-refractivity contribution < 1.29 is 9.32 Å². The molecule has 4 atom stereocenters. The van der Waals surface area contributed by atoms with E-state index < -0.39 is 0 Å². The molecular formula is C20H26N4O2. The Morgan fingerprint density at radius 3 is 2.92 bits per heavy atom. The molecule has 1 aromatic carbocycles. The number of carbonyl (C=O) groups excluding carboxylic acids is 1. The van der Waals surface area contributed by atoms with E-state index in [0.29, 0.717) is 30.1 Å². The summed E-state index contributed by atoms with van der Waals surface area (Å²) in [6.45, 7) is 1.90. The summed E-state index contributed by atoms with van der Waals surface area (Å²) in [4.78, 5) is 17.1. The van der Waals surface area contributed by atoms with Gasteiger partial charge in [0.1, 0.15) is 0 Å². The second kappa shape index (κ2) is 7.58. The molecule has 0 radical (unpaired) electrons. The average molecular weight is 354 g/mol. The molecule has 2 N–H and O–H groups in total. The number of hydrogen-bond acceptors (Lipinski definition) is 5. The standard InChI is InChI=1S/C20H26N4O2/c1-13(19-23-18(26-24-19)11-14-7-3-2-4-8-14)21-20(25)17-12-15-9-5-6-10-16(15)22-17/h2-4,7-8,13,15-17,22H,5-6,9-12H2,1H3,(H,21,25). The number of benzene rings is 1. The van der Waals surface area contributed by atoms with Crippen molar-refractivity contribution in [3.8, 4) is 0 Å². The maximum absolute atomic E-state index is 12.6. The molecule has 1 aromatic heterocycles. The Morgan fingerprint density at radius 1 is 1.31 bits per heavy atom. The van der Waals surface area contributed by atoms with Crippen LogP contribution in [-0.4, -0.2) is 28.1 Å². The number of carbonyl (C=O) groups is 1. The Labute approximate surface area is 153 Å². The molecule has 1 aliphatic carbocycles. The smallest absolute Gasteiger partial charge is 0.237 e. The van der Waals surface area contributed by atoms with Crippen LogP contribution in [0.2, 0.25) is 0 Å². The largest absolute Gasteiger partial charge is 0.345 e. The third-order valence-corrected chi connectivity index (χ3v) is 5.61. The molecule has 1 aliphatic heterocycles. The molecule has 2 heterocycles. The van der Waals surface area contributed by atoms with E-state index in [9.17, 15) is 4.79 Å². The molecule has 1 saturated heterocycles. The highest BCUT2D eigenvalue weighted by atomic mass is 16.5. The van der Waals surface area contributed by atoms with Gasteiger partial charge in [-0.15, -0.1) is 0 Å². The fourth-order valence-corrected chi connectivity index (χ4v) is 4.19. The van der Waals surface area contributed by atoms with Gasteiger partial charge in [-0.2, -0.15) is 4.98 Å². The SMILES string of the molecule is CC(NC(=O)C1CC2CCCCC2N1)c1noc(Cc2ccccc2)n1. The van der Waals surface area contributed by atoms with Crippen molar-refractivity contribution in [3.63, 3.8) is 0 Å². The van der Waals surface area contributed by atoms with E-state index in [4.69, 9.17) is 4.52 Å². The van der Waals surface area contributed by atoms with Gasteiger partial charge < -0.3 is 15.2 Å². The fraction of sp³-hybridized carbons (Fsp3) is 0.550. The molecular weight excluding hydrogens is 328 g/mol. The van der Waals surface area contributed by atoms with Crippen molar-refractivity contribution in [2.75, 3.05) is 0 Å². The minimum atomic E-state index is -0.264. The van der Waals surface area contributed by atoms with Gasteiger partial charge in [0.2, 0.25) is 11.8 Å². The van der Waals surface area contributed by atoms with Gasteiger partial charge in [-0.3, -0.25) is 4.79 Å². The van der Waals surface area contributed by atoms with Gasteiger partial charge in [-0.1, -0.05) is 48.3 Å². The van der Waals surface area contributed by atoms with Gasteiger partial charge in [-0.25, -0.2) is 0 Å². The van der Waals surface area contributed by atoms with Crippen molar-refractivity contribution in [1.82, 2.24) is 20.8 Å². The first-order valence-corrected chi connectivity index (χ1v) is 9.62. The van der Waals surface area contributed by atoms with E-state index in [0.717, 1.165) is 12.0 Å². The zero-order valence-corrected chi connectivity index (χ0v) is 15.1. The number of nitrogens with zero attached hydrogens (tertiary/aromatic N) is 2. The van der Waals surface area contributed by atoms with Crippen molar-refractivity contribution in [3.05, 3.63) is 47.6 Å². The van der Waals surface area contributed by atoms with Crippen molar-refractivity contribution in [1.29, 1.82) is 0 Å². The first kappa shape index (κ1) is 17.2. The molecule has 2 aliphatic rings. The maximum Gasteiger partial charge on any atom is 0.237 e. The fourth-order valence-electron chi connectivity index (χ4n) is 4.19.